The fraction of sp³-hybridized carbons (Fsp3) is 0.105. The lowest BCUT2D eigenvalue weighted by Crippen LogP contribution is -1.94. The minimum absolute atomic E-state index is 0.222. The molecule has 0 radical (unpaired) electrons. The van der Waals surface area contributed by atoms with Gasteiger partial charge in [0.1, 0.15) is 11.5 Å². The molecule has 3 nitrogen and oxygen atoms in total. The molecule has 110 valence electrons. The molecule has 0 aliphatic carbocycles. The molecule has 3 rings (SSSR count). The molecule has 0 bridgehead atoms. The fourth-order valence-corrected chi connectivity index (χ4v) is 2.44. The molecule has 0 amide bonds. The second-order valence-corrected chi connectivity index (χ2v) is 5.05. The number of aromatic nitrogens is 1. The molecule has 2 aromatic carbocycles. The van der Waals surface area contributed by atoms with Crippen LogP contribution in [0.2, 0.25) is 0 Å². The molecular weight excluding hydrogens is 274 g/mol. The quantitative estimate of drug-likeness (QED) is 0.788. The standard InChI is InChI=1S/C19H17NO2/c1-22-16-9-5-8-15(13-16)17-10-11-20-18(19(17)21)12-14-6-3-2-4-7-14/h2-11,13,21H,12H2,1H3. The van der Waals surface area contributed by atoms with Gasteiger partial charge in [0, 0.05) is 18.2 Å². The van der Waals surface area contributed by atoms with Crippen LogP contribution >= 0.6 is 0 Å². The summed E-state index contributed by atoms with van der Waals surface area (Å²) in [5.74, 6) is 0.984. The third-order valence-electron chi connectivity index (χ3n) is 3.60. The van der Waals surface area contributed by atoms with Gasteiger partial charge in [-0.05, 0) is 29.3 Å². The first kappa shape index (κ1) is 14.1. The highest BCUT2D eigenvalue weighted by atomic mass is 16.5. The minimum Gasteiger partial charge on any atom is -0.505 e. The predicted molar refractivity (Wildman–Crippen MR) is 87.1 cm³/mol. The number of rotatable bonds is 4. The van der Waals surface area contributed by atoms with Crippen LogP contribution in [0.15, 0.2) is 66.9 Å². The Morgan fingerprint density at radius 1 is 1.00 bits per heavy atom. The summed E-state index contributed by atoms with van der Waals surface area (Å²) in [6.07, 6.45) is 2.33. The summed E-state index contributed by atoms with van der Waals surface area (Å²) in [6, 6.07) is 19.5. The number of hydrogen-bond acceptors (Lipinski definition) is 3. The number of aromatic hydroxyl groups is 1. The van der Waals surface area contributed by atoms with Gasteiger partial charge in [0.2, 0.25) is 0 Å². The molecule has 22 heavy (non-hydrogen) atoms. The zero-order valence-corrected chi connectivity index (χ0v) is 12.4. The third kappa shape index (κ3) is 2.93. The van der Waals surface area contributed by atoms with Gasteiger partial charge in [-0.25, -0.2) is 0 Å². The van der Waals surface area contributed by atoms with Gasteiger partial charge < -0.3 is 9.84 Å². The van der Waals surface area contributed by atoms with E-state index < -0.39 is 0 Å². The molecular formula is C19H17NO2. The lowest BCUT2D eigenvalue weighted by molar-refractivity contribution is 0.415. The molecule has 0 aliphatic rings. The van der Waals surface area contributed by atoms with Crippen molar-refractivity contribution < 1.29 is 9.84 Å². The molecule has 0 fully saturated rings. The van der Waals surface area contributed by atoms with E-state index in [0.717, 1.165) is 22.4 Å². The Morgan fingerprint density at radius 3 is 2.59 bits per heavy atom. The number of hydrogen-bond donors (Lipinski definition) is 1. The summed E-state index contributed by atoms with van der Waals surface area (Å²) in [5.41, 5.74) is 3.47. The molecule has 0 aliphatic heterocycles. The molecule has 1 aromatic heterocycles. The molecule has 0 unspecified atom stereocenters. The maximum atomic E-state index is 10.6. The van der Waals surface area contributed by atoms with Crippen molar-refractivity contribution in [3.63, 3.8) is 0 Å². The van der Waals surface area contributed by atoms with E-state index in [2.05, 4.69) is 4.98 Å². The topological polar surface area (TPSA) is 42.4 Å². The Balaban J connectivity index is 1.98. The lowest BCUT2D eigenvalue weighted by Gasteiger charge is -2.10. The van der Waals surface area contributed by atoms with E-state index in [1.54, 1.807) is 13.3 Å². The van der Waals surface area contributed by atoms with E-state index >= 15 is 0 Å². The van der Waals surface area contributed by atoms with Crippen LogP contribution in [0.4, 0.5) is 0 Å². The molecule has 1 N–H and O–H groups in total. The minimum atomic E-state index is 0.222. The Hall–Kier alpha value is -2.81. The van der Waals surface area contributed by atoms with Crippen molar-refractivity contribution in [2.24, 2.45) is 0 Å². The van der Waals surface area contributed by atoms with Gasteiger partial charge >= 0.3 is 0 Å². The average molecular weight is 291 g/mol. The number of benzene rings is 2. The van der Waals surface area contributed by atoms with Gasteiger partial charge in [-0.2, -0.15) is 0 Å². The number of ether oxygens (including phenoxy) is 1. The third-order valence-corrected chi connectivity index (χ3v) is 3.60. The summed E-state index contributed by atoms with van der Waals surface area (Å²) in [7, 11) is 1.63. The highest BCUT2D eigenvalue weighted by Crippen LogP contribution is 2.33. The van der Waals surface area contributed by atoms with Gasteiger partial charge in [-0.15, -0.1) is 0 Å². The largest absolute Gasteiger partial charge is 0.505 e. The van der Waals surface area contributed by atoms with Gasteiger partial charge in [0.15, 0.2) is 0 Å². The van der Waals surface area contributed by atoms with Crippen molar-refractivity contribution in [1.29, 1.82) is 0 Å². The van der Waals surface area contributed by atoms with E-state index in [0.29, 0.717) is 12.1 Å². The van der Waals surface area contributed by atoms with Crippen LogP contribution in [0.1, 0.15) is 11.3 Å². The van der Waals surface area contributed by atoms with Crippen LogP contribution in [0.3, 0.4) is 0 Å². The molecule has 3 heteroatoms. The first-order valence-corrected chi connectivity index (χ1v) is 7.13. The van der Waals surface area contributed by atoms with Gasteiger partial charge in [-0.3, -0.25) is 4.98 Å². The van der Waals surface area contributed by atoms with Gasteiger partial charge in [0.25, 0.3) is 0 Å². The SMILES string of the molecule is COc1cccc(-c2ccnc(Cc3ccccc3)c2O)c1. The summed E-state index contributed by atoms with van der Waals surface area (Å²) < 4.78 is 5.24. The van der Waals surface area contributed by atoms with Gasteiger partial charge in [0.05, 0.1) is 12.8 Å². The second-order valence-electron chi connectivity index (χ2n) is 5.05. The summed E-state index contributed by atoms with van der Waals surface area (Å²) in [4.78, 5) is 4.32. The number of methoxy groups -OCH3 is 1. The van der Waals surface area contributed by atoms with Crippen LogP contribution in [-0.2, 0) is 6.42 Å². The average Bonchev–Trinajstić information content (AvgIpc) is 2.58. The second kappa shape index (κ2) is 6.31. The predicted octanol–water partition coefficient (Wildman–Crippen LogP) is 4.05. The Morgan fingerprint density at radius 2 is 1.82 bits per heavy atom. The van der Waals surface area contributed by atoms with Crippen LogP contribution in [0.25, 0.3) is 11.1 Å². The van der Waals surface area contributed by atoms with Gasteiger partial charge in [-0.1, -0.05) is 42.5 Å². The smallest absolute Gasteiger partial charge is 0.145 e. The molecule has 0 spiro atoms. The highest BCUT2D eigenvalue weighted by Gasteiger charge is 2.11. The van der Waals surface area contributed by atoms with Crippen molar-refractivity contribution in [2.45, 2.75) is 6.42 Å². The normalized spacial score (nSPS) is 10.4. The monoisotopic (exact) mass is 291 g/mol. The maximum absolute atomic E-state index is 10.6. The van der Waals surface area contributed by atoms with Crippen LogP contribution < -0.4 is 4.74 Å². The molecule has 0 atom stereocenters. The van der Waals surface area contributed by atoms with Crippen molar-refractivity contribution in [3.05, 3.63) is 78.1 Å². The Kier molecular flexibility index (Phi) is 4.05. The highest BCUT2D eigenvalue weighted by molar-refractivity contribution is 5.72. The van der Waals surface area contributed by atoms with Crippen molar-refractivity contribution in [3.8, 4) is 22.6 Å². The van der Waals surface area contributed by atoms with Crippen LogP contribution in [0.5, 0.6) is 11.5 Å². The first-order valence-electron chi connectivity index (χ1n) is 7.13. The van der Waals surface area contributed by atoms with Crippen molar-refractivity contribution in [1.82, 2.24) is 4.98 Å². The first-order chi connectivity index (χ1) is 10.8. The summed E-state index contributed by atoms with van der Waals surface area (Å²) >= 11 is 0. The zero-order chi connectivity index (χ0) is 15.4. The molecule has 0 saturated carbocycles. The van der Waals surface area contributed by atoms with Crippen LogP contribution in [-0.4, -0.2) is 17.2 Å². The van der Waals surface area contributed by atoms with E-state index in [1.165, 1.54) is 0 Å². The van der Waals surface area contributed by atoms with E-state index in [4.69, 9.17) is 4.74 Å². The molecule has 1 heterocycles. The number of pyridine rings is 1. The van der Waals surface area contributed by atoms with Crippen molar-refractivity contribution >= 4 is 0 Å². The Bertz CT molecular complexity index is 769. The van der Waals surface area contributed by atoms with E-state index in [1.807, 2.05) is 60.7 Å². The summed E-state index contributed by atoms with van der Waals surface area (Å²) in [5, 5.41) is 10.6. The van der Waals surface area contributed by atoms with E-state index in [9.17, 15) is 5.11 Å². The summed E-state index contributed by atoms with van der Waals surface area (Å²) in [6.45, 7) is 0. The van der Waals surface area contributed by atoms with Crippen LogP contribution in [0, 0.1) is 0 Å². The number of nitrogens with zero attached hydrogens (tertiary/aromatic N) is 1. The maximum Gasteiger partial charge on any atom is 0.145 e. The lowest BCUT2D eigenvalue weighted by atomic mass is 10.0. The fourth-order valence-electron chi connectivity index (χ4n) is 2.44. The van der Waals surface area contributed by atoms with E-state index in [-0.39, 0.29) is 5.75 Å². The molecule has 0 saturated heterocycles. The van der Waals surface area contributed by atoms with Crippen molar-refractivity contribution in [2.75, 3.05) is 7.11 Å². The molecule has 3 aromatic rings. The Labute approximate surface area is 129 Å². The zero-order valence-electron chi connectivity index (χ0n) is 12.4.